The van der Waals surface area contributed by atoms with Gasteiger partial charge in [0, 0.05) is 0 Å². The van der Waals surface area contributed by atoms with Crippen molar-refractivity contribution < 1.29 is 24.6 Å². The quantitative estimate of drug-likeness (QED) is 0.384. The van der Waals surface area contributed by atoms with Crippen LogP contribution in [0.2, 0.25) is 0 Å². The highest BCUT2D eigenvalue weighted by Gasteiger charge is 2.28. The van der Waals surface area contributed by atoms with Crippen molar-refractivity contribution in [3.05, 3.63) is 0 Å². The lowest BCUT2D eigenvalue weighted by Crippen LogP contribution is -2.55. The molecule has 0 fully saturated rings. The van der Waals surface area contributed by atoms with Gasteiger partial charge in [0.1, 0.15) is 12.1 Å². The molecule has 2 unspecified atom stereocenters. The summed E-state index contributed by atoms with van der Waals surface area (Å²) in [5, 5.41) is 21.9. The number of aliphatic hydroxyl groups is 1. The number of hydrogen-bond donors (Lipinski definition) is 5. The number of amides is 3. The van der Waals surface area contributed by atoms with Crippen molar-refractivity contribution in [1.29, 1.82) is 0 Å². The van der Waals surface area contributed by atoms with Crippen LogP contribution >= 0.6 is 0 Å². The van der Waals surface area contributed by atoms with Gasteiger partial charge in [0.15, 0.2) is 0 Å². The minimum atomic E-state index is -1.40. The fourth-order valence-electron chi connectivity index (χ4n) is 1.30. The number of hydrogen-bond acceptors (Lipinski definition) is 4. The lowest BCUT2D eigenvalue weighted by Gasteiger charge is -2.24. The summed E-state index contributed by atoms with van der Waals surface area (Å²) >= 11 is 0. The number of aliphatic hydroxyl groups excluding tert-OH is 1. The Kier molecular flexibility index (Phi) is 6.73. The zero-order valence-electron chi connectivity index (χ0n) is 10.3. The minimum absolute atomic E-state index is 0.217. The van der Waals surface area contributed by atoms with E-state index >= 15 is 0 Å². The van der Waals surface area contributed by atoms with Crippen molar-refractivity contribution in [1.82, 2.24) is 10.6 Å². The van der Waals surface area contributed by atoms with Crippen LogP contribution in [-0.4, -0.2) is 46.8 Å². The zero-order chi connectivity index (χ0) is 14.3. The molecule has 0 aromatic heterocycles. The number of nitrogens with two attached hydrogens (primary N) is 1. The molecule has 0 rings (SSSR count). The van der Waals surface area contributed by atoms with Crippen LogP contribution in [0.25, 0.3) is 0 Å². The fraction of sp³-hybridized carbons (Fsp3) is 0.700. The van der Waals surface area contributed by atoms with E-state index in [4.69, 9.17) is 15.9 Å². The van der Waals surface area contributed by atoms with Crippen LogP contribution in [0.4, 0.5) is 4.79 Å². The van der Waals surface area contributed by atoms with Gasteiger partial charge in [0.25, 0.3) is 0 Å². The molecule has 0 heterocycles. The molecule has 0 spiro atoms. The molecule has 0 aromatic carbocycles. The maximum atomic E-state index is 11.8. The average Bonchev–Trinajstić information content (AvgIpc) is 2.30. The predicted molar refractivity (Wildman–Crippen MR) is 62.6 cm³/mol. The maximum Gasteiger partial charge on any atom is 0.328 e. The minimum Gasteiger partial charge on any atom is -0.480 e. The predicted octanol–water partition coefficient (Wildman–Crippen LogP) is -1.37. The summed E-state index contributed by atoms with van der Waals surface area (Å²) in [6.45, 7) is 2.80. The second-order valence-corrected chi connectivity index (χ2v) is 3.95. The van der Waals surface area contributed by atoms with Crippen molar-refractivity contribution in [3.8, 4) is 0 Å². The monoisotopic (exact) mass is 261 g/mol. The summed E-state index contributed by atoms with van der Waals surface area (Å²) in [6, 6.07) is -3.20. The Morgan fingerprint density at radius 1 is 1.28 bits per heavy atom. The van der Waals surface area contributed by atoms with E-state index in [2.05, 4.69) is 10.6 Å². The van der Waals surface area contributed by atoms with Gasteiger partial charge in [0.2, 0.25) is 5.91 Å². The molecular weight excluding hydrogens is 242 g/mol. The topological polar surface area (TPSA) is 142 Å². The number of carboxylic acids is 1. The third kappa shape index (κ3) is 5.00. The van der Waals surface area contributed by atoms with E-state index in [1.165, 1.54) is 0 Å². The summed E-state index contributed by atoms with van der Waals surface area (Å²) in [4.78, 5) is 33.2. The summed E-state index contributed by atoms with van der Waals surface area (Å²) in [5.74, 6) is -2.26. The van der Waals surface area contributed by atoms with Crippen LogP contribution in [0.15, 0.2) is 0 Å². The Hall–Kier alpha value is -1.83. The van der Waals surface area contributed by atoms with Gasteiger partial charge in [-0.2, -0.15) is 0 Å². The molecule has 8 nitrogen and oxygen atoms in total. The number of aliphatic carboxylic acids is 1. The number of carbonyl (C=O) groups is 3. The Balaban J connectivity index is 4.74. The maximum absolute atomic E-state index is 11.8. The second kappa shape index (κ2) is 7.49. The molecule has 18 heavy (non-hydrogen) atoms. The Morgan fingerprint density at radius 2 is 1.83 bits per heavy atom. The highest BCUT2D eigenvalue weighted by molar-refractivity contribution is 5.90. The van der Waals surface area contributed by atoms with Crippen LogP contribution in [0.3, 0.4) is 0 Å². The molecule has 3 amide bonds. The standard InChI is InChI=1S/C10H19N3O5/c1-3-5(2)7(13-10(11)18)8(15)12-6(4-14)9(16)17/h5-7,14H,3-4H2,1-2H3,(H,12,15)(H,16,17)(H3,11,13,18)/t5?,6-,7?/m1/s1. The molecule has 0 aliphatic rings. The Labute approximate surface area is 105 Å². The fourth-order valence-corrected chi connectivity index (χ4v) is 1.30. The summed E-state index contributed by atoms with van der Waals surface area (Å²) in [7, 11) is 0. The highest BCUT2D eigenvalue weighted by Crippen LogP contribution is 2.08. The van der Waals surface area contributed by atoms with Gasteiger partial charge in [-0.25, -0.2) is 9.59 Å². The number of nitrogens with one attached hydrogen (secondary N) is 2. The van der Waals surface area contributed by atoms with Crippen molar-refractivity contribution in [2.45, 2.75) is 32.4 Å². The zero-order valence-corrected chi connectivity index (χ0v) is 10.3. The van der Waals surface area contributed by atoms with Gasteiger partial charge in [0.05, 0.1) is 6.61 Å². The van der Waals surface area contributed by atoms with E-state index in [1.54, 1.807) is 6.92 Å². The van der Waals surface area contributed by atoms with Gasteiger partial charge in [-0.05, 0) is 5.92 Å². The Morgan fingerprint density at radius 3 is 2.17 bits per heavy atom. The number of rotatable bonds is 7. The van der Waals surface area contributed by atoms with Crippen molar-refractivity contribution >= 4 is 17.9 Å². The van der Waals surface area contributed by atoms with E-state index in [0.29, 0.717) is 6.42 Å². The van der Waals surface area contributed by atoms with Gasteiger partial charge in [-0.15, -0.1) is 0 Å². The van der Waals surface area contributed by atoms with Crippen LogP contribution in [0.5, 0.6) is 0 Å². The van der Waals surface area contributed by atoms with Gasteiger partial charge < -0.3 is 26.6 Å². The first kappa shape index (κ1) is 16.2. The largest absolute Gasteiger partial charge is 0.480 e. The van der Waals surface area contributed by atoms with E-state index in [0.717, 1.165) is 0 Å². The third-order valence-corrected chi connectivity index (χ3v) is 2.59. The average molecular weight is 261 g/mol. The molecule has 8 heteroatoms. The summed E-state index contributed by atoms with van der Waals surface area (Å²) < 4.78 is 0. The SMILES string of the molecule is CCC(C)C(NC(N)=O)C(=O)N[C@H](CO)C(=O)O. The van der Waals surface area contributed by atoms with Gasteiger partial charge in [-0.3, -0.25) is 4.79 Å². The van der Waals surface area contributed by atoms with Gasteiger partial charge >= 0.3 is 12.0 Å². The first-order valence-corrected chi connectivity index (χ1v) is 5.53. The van der Waals surface area contributed by atoms with E-state index in [-0.39, 0.29) is 5.92 Å². The molecule has 0 saturated heterocycles. The normalized spacial score (nSPS) is 15.3. The van der Waals surface area contributed by atoms with Crippen molar-refractivity contribution in [2.24, 2.45) is 11.7 Å². The number of urea groups is 1. The van der Waals surface area contributed by atoms with E-state index in [9.17, 15) is 14.4 Å². The summed E-state index contributed by atoms with van der Waals surface area (Å²) in [5.41, 5.74) is 4.95. The lowest BCUT2D eigenvalue weighted by atomic mass is 9.98. The third-order valence-electron chi connectivity index (χ3n) is 2.59. The molecule has 0 aliphatic heterocycles. The molecule has 0 radical (unpaired) electrons. The molecule has 0 saturated carbocycles. The highest BCUT2D eigenvalue weighted by atomic mass is 16.4. The summed E-state index contributed by atoms with van der Waals surface area (Å²) in [6.07, 6.45) is 0.592. The Bertz CT molecular complexity index is 321. The molecule has 0 aliphatic carbocycles. The number of primary amides is 1. The number of carboxylic acid groups (broad SMARTS) is 1. The first-order valence-electron chi connectivity index (χ1n) is 5.53. The van der Waals surface area contributed by atoms with Crippen LogP contribution in [0, 0.1) is 5.92 Å². The second-order valence-electron chi connectivity index (χ2n) is 3.95. The van der Waals surface area contributed by atoms with E-state index < -0.39 is 36.6 Å². The van der Waals surface area contributed by atoms with Crippen LogP contribution in [0.1, 0.15) is 20.3 Å². The first-order chi connectivity index (χ1) is 8.33. The van der Waals surface area contributed by atoms with Crippen molar-refractivity contribution in [2.75, 3.05) is 6.61 Å². The molecule has 0 aromatic rings. The lowest BCUT2D eigenvalue weighted by molar-refractivity contribution is -0.143. The van der Waals surface area contributed by atoms with Crippen LogP contribution < -0.4 is 16.4 Å². The number of carbonyl (C=O) groups excluding carboxylic acids is 2. The van der Waals surface area contributed by atoms with Crippen molar-refractivity contribution in [3.63, 3.8) is 0 Å². The molecule has 6 N–H and O–H groups in total. The molecule has 0 bridgehead atoms. The molecular formula is C10H19N3O5. The smallest absolute Gasteiger partial charge is 0.328 e. The van der Waals surface area contributed by atoms with Crippen LogP contribution in [-0.2, 0) is 9.59 Å². The molecule has 3 atom stereocenters. The van der Waals surface area contributed by atoms with Gasteiger partial charge in [-0.1, -0.05) is 20.3 Å². The van der Waals surface area contributed by atoms with E-state index in [1.807, 2.05) is 6.92 Å². The molecule has 104 valence electrons.